The van der Waals surface area contributed by atoms with Crippen molar-refractivity contribution in [2.75, 3.05) is 6.61 Å². The lowest BCUT2D eigenvalue weighted by Crippen LogP contribution is -2.29. The molecule has 0 aliphatic heterocycles. The number of pyridine rings is 1. The van der Waals surface area contributed by atoms with Crippen molar-refractivity contribution in [1.29, 1.82) is 0 Å². The zero-order chi connectivity index (χ0) is 18.7. The minimum atomic E-state index is -0.720. The third-order valence-electron chi connectivity index (χ3n) is 4.14. The average molecular weight is 341 g/mol. The maximum Gasteiger partial charge on any atom is 0.343 e. The average Bonchev–Trinajstić information content (AvgIpc) is 2.55. The van der Waals surface area contributed by atoms with Gasteiger partial charge in [0.1, 0.15) is 5.56 Å². The number of Topliss-reactive ketones (excluding diaryl/α,β-unsaturated/α-hetero) is 1. The Hall–Kier alpha value is -2.69. The van der Waals surface area contributed by atoms with Crippen LogP contribution < -0.4 is 5.56 Å². The Balaban J connectivity index is 2.73. The first-order chi connectivity index (χ1) is 11.8. The van der Waals surface area contributed by atoms with Crippen LogP contribution in [0, 0.1) is 6.92 Å². The number of hydrogen-bond acceptors (Lipinski definition) is 4. The van der Waals surface area contributed by atoms with Crippen LogP contribution in [0.1, 0.15) is 65.6 Å². The number of esters is 1. The highest BCUT2D eigenvalue weighted by atomic mass is 16.5. The van der Waals surface area contributed by atoms with Crippen molar-refractivity contribution in [2.24, 2.45) is 0 Å². The molecule has 0 fully saturated rings. The number of hydrogen-bond donors (Lipinski definition) is 0. The first-order valence-electron chi connectivity index (χ1n) is 8.33. The zero-order valence-electron chi connectivity index (χ0n) is 15.3. The van der Waals surface area contributed by atoms with E-state index in [2.05, 4.69) is 13.8 Å². The molecule has 0 aliphatic rings. The van der Waals surface area contributed by atoms with Crippen LogP contribution >= 0.6 is 0 Å². The summed E-state index contributed by atoms with van der Waals surface area (Å²) in [6, 6.07) is 8.86. The van der Waals surface area contributed by atoms with Crippen LogP contribution in [-0.4, -0.2) is 22.9 Å². The summed E-state index contributed by atoms with van der Waals surface area (Å²) in [6.45, 7) is 9.10. The van der Waals surface area contributed by atoms with Gasteiger partial charge in [-0.3, -0.25) is 14.2 Å². The first-order valence-corrected chi connectivity index (χ1v) is 8.33. The molecule has 0 saturated heterocycles. The van der Waals surface area contributed by atoms with Crippen molar-refractivity contribution in [1.82, 2.24) is 4.57 Å². The summed E-state index contributed by atoms with van der Waals surface area (Å²) >= 11 is 0. The number of aromatic nitrogens is 1. The van der Waals surface area contributed by atoms with Crippen LogP contribution in [0.2, 0.25) is 0 Å². The van der Waals surface area contributed by atoms with Crippen molar-refractivity contribution in [3.05, 3.63) is 63.1 Å². The van der Waals surface area contributed by atoms with Gasteiger partial charge in [0.05, 0.1) is 6.61 Å². The molecule has 0 N–H and O–H groups in total. The number of ether oxygens (including phenoxy) is 1. The highest BCUT2D eigenvalue weighted by molar-refractivity contribution is 5.98. The number of ketones is 1. The second-order valence-electron chi connectivity index (χ2n) is 6.22. The lowest BCUT2D eigenvalue weighted by Gasteiger charge is -2.16. The Kier molecular flexibility index (Phi) is 5.57. The normalized spacial score (nSPS) is 10.8. The molecule has 25 heavy (non-hydrogen) atoms. The Bertz CT molecular complexity index is 861. The predicted molar refractivity (Wildman–Crippen MR) is 96.8 cm³/mol. The van der Waals surface area contributed by atoms with Gasteiger partial charge in [-0.25, -0.2) is 4.79 Å². The summed E-state index contributed by atoms with van der Waals surface area (Å²) in [4.78, 5) is 37.0. The molecule has 0 aliphatic carbocycles. The van der Waals surface area contributed by atoms with Crippen molar-refractivity contribution in [2.45, 2.75) is 40.5 Å². The fourth-order valence-corrected chi connectivity index (χ4v) is 2.73. The second-order valence-corrected chi connectivity index (χ2v) is 6.22. The van der Waals surface area contributed by atoms with Gasteiger partial charge in [-0.15, -0.1) is 0 Å². The molecule has 5 heteroatoms. The Morgan fingerprint density at radius 3 is 2.20 bits per heavy atom. The standard InChI is InChI=1S/C20H23NO4/c1-6-25-20(24)18-11-17(14(5)22)13(4)21(19(18)23)16-9-7-15(8-10-16)12(2)3/h7-12H,6H2,1-5H3. The minimum absolute atomic E-state index is 0.134. The monoisotopic (exact) mass is 341 g/mol. The quantitative estimate of drug-likeness (QED) is 0.615. The molecule has 0 radical (unpaired) electrons. The van der Waals surface area contributed by atoms with Gasteiger partial charge < -0.3 is 4.74 Å². The van der Waals surface area contributed by atoms with Crippen molar-refractivity contribution in [3.63, 3.8) is 0 Å². The Labute approximate surface area is 147 Å². The van der Waals surface area contributed by atoms with Gasteiger partial charge >= 0.3 is 5.97 Å². The van der Waals surface area contributed by atoms with Gasteiger partial charge in [0, 0.05) is 16.9 Å². The predicted octanol–water partition coefficient (Wildman–Crippen LogP) is 3.65. The van der Waals surface area contributed by atoms with Crippen LogP contribution in [0.3, 0.4) is 0 Å². The van der Waals surface area contributed by atoms with Crippen LogP contribution in [0.25, 0.3) is 5.69 Å². The lowest BCUT2D eigenvalue weighted by atomic mass is 10.0. The summed E-state index contributed by atoms with van der Waals surface area (Å²) < 4.78 is 6.36. The largest absolute Gasteiger partial charge is 0.462 e. The van der Waals surface area contributed by atoms with Crippen LogP contribution in [0.15, 0.2) is 35.1 Å². The molecule has 2 aromatic rings. The molecule has 0 spiro atoms. The van der Waals surface area contributed by atoms with E-state index in [1.165, 1.54) is 17.6 Å². The molecule has 2 rings (SSSR count). The topological polar surface area (TPSA) is 65.4 Å². The summed E-state index contributed by atoms with van der Waals surface area (Å²) in [5.74, 6) is -0.566. The smallest absolute Gasteiger partial charge is 0.343 e. The molecular weight excluding hydrogens is 318 g/mol. The molecular formula is C20H23NO4. The first kappa shape index (κ1) is 18.6. The third kappa shape index (κ3) is 3.71. The number of carbonyl (C=O) groups excluding carboxylic acids is 2. The van der Waals surface area contributed by atoms with Gasteiger partial charge in [-0.05, 0) is 50.5 Å². The Morgan fingerprint density at radius 1 is 1.12 bits per heavy atom. The van der Waals surface area contributed by atoms with E-state index in [0.29, 0.717) is 22.9 Å². The van der Waals surface area contributed by atoms with E-state index < -0.39 is 11.5 Å². The number of rotatable bonds is 5. The molecule has 1 aromatic heterocycles. The van der Waals surface area contributed by atoms with Gasteiger partial charge in [-0.2, -0.15) is 0 Å². The van der Waals surface area contributed by atoms with E-state index in [0.717, 1.165) is 5.56 Å². The van der Waals surface area contributed by atoms with Crippen LogP contribution in [0.5, 0.6) is 0 Å². The lowest BCUT2D eigenvalue weighted by molar-refractivity contribution is 0.0524. The zero-order valence-corrected chi connectivity index (χ0v) is 15.3. The van der Waals surface area contributed by atoms with E-state index in [9.17, 15) is 14.4 Å². The molecule has 0 amide bonds. The van der Waals surface area contributed by atoms with E-state index in [1.54, 1.807) is 13.8 Å². The molecule has 1 heterocycles. The number of benzene rings is 1. The number of carbonyl (C=O) groups is 2. The summed E-state index contributed by atoms with van der Waals surface area (Å²) in [5, 5.41) is 0. The van der Waals surface area contributed by atoms with E-state index in [1.807, 2.05) is 24.3 Å². The summed E-state index contributed by atoms with van der Waals surface area (Å²) in [5.41, 5.74) is 1.96. The number of nitrogens with zero attached hydrogens (tertiary/aromatic N) is 1. The molecule has 1 aromatic carbocycles. The van der Waals surface area contributed by atoms with Gasteiger partial charge in [0.15, 0.2) is 5.78 Å². The SMILES string of the molecule is CCOC(=O)c1cc(C(C)=O)c(C)n(-c2ccc(C(C)C)cc2)c1=O. The van der Waals surface area contributed by atoms with Crippen LogP contribution in [-0.2, 0) is 4.74 Å². The fraction of sp³-hybridized carbons (Fsp3) is 0.350. The second kappa shape index (κ2) is 7.47. The highest BCUT2D eigenvalue weighted by Crippen LogP contribution is 2.19. The van der Waals surface area contributed by atoms with Gasteiger partial charge in [0.2, 0.25) is 0 Å². The third-order valence-corrected chi connectivity index (χ3v) is 4.14. The van der Waals surface area contributed by atoms with E-state index in [4.69, 9.17) is 4.74 Å². The maximum absolute atomic E-state index is 12.9. The van der Waals surface area contributed by atoms with E-state index in [-0.39, 0.29) is 18.0 Å². The fourth-order valence-electron chi connectivity index (χ4n) is 2.73. The van der Waals surface area contributed by atoms with Gasteiger partial charge in [-0.1, -0.05) is 26.0 Å². The molecule has 0 unspecified atom stereocenters. The van der Waals surface area contributed by atoms with E-state index >= 15 is 0 Å². The molecule has 0 bridgehead atoms. The maximum atomic E-state index is 12.9. The van der Waals surface area contributed by atoms with Crippen molar-refractivity contribution >= 4 is 11.8 Å². The van der Waals surface area contributed by atoms with Gasteiger partial charge in [0.25, 0.3) is 5.56 Å². The molecule has 5 nitrogen and oxygen atoms in total. The van der Waals surface area contributed by atoms with Crippen molar-refractivity contribution in [3.8, 4) is 5.69 Å². The van der Waals surface area contributed by atoms with Crippen molar-refractivity contribution < 1.29 is 14.3 Å². The van der Waals surface area contributed by atoms with Crippen LogP contribution in [0.4, 0.5) is 0 Å². The highest BCUT2D eigenvalue weighted by Gasteiger charge is 2.21. The molecule has 0 atom stereocenters. The minimum Gasteiger partial charge on any atom is -0.462 e. The summed E-state index contributed by atoms with van der Waals surface area (Å²) in [7, 11) is 0. The molecule has 132 valence electrons. The Morgan fingerprint density at radius 2 is 1.72 bits per heavy atom. The summed E-state index contributed by atoms with van der Waals surface area (Å²) in [6.07, 6.45) is 0. The molecule has 0 saturated carbocycles.